The molecule has 0 saturated carbocycles. The first kappa shape index (κ1) is 19.5. The van der Waals surface area contributed by atoms with Crippen LogP contribution in [-0.2, 0) is 0 Å². The minimum absolute atomic E-state index is 0.337. The molecule has 146 valence electrons. The maximum atomic E-state index is 14.4. The molecule has 1 N–H and O–H groups in total. The van der Waals surface area contributed by atoms with Crippen molar-refractivity contribution >= 4 is 5.95 Å². The van der Waals surface area contributed by atoms with E-state index in [2.05, 4.69) is 34.0 Å². The molecule has 5 nitrogen and oxygen atoms in total. The van der Waals surface area contributed by atoms with Gasteiger partial charge in [-0.1, -0.05) is 6.42 Å². The molecule has 1 aliphatic heterocycles. The molecule has 0 radical (unpaired) electrons. The van der Waals surface area contributed by atoms with E-state index in [0.717, 1.165) is 18.8 Å². The fourth-order valence-electron chi connectivity index (χ4n) is 3.79. The lowest BCUT2D eigenvalue weighted by Crippen LogP contribution is -2.47. The zero-order chi connectivity index (χ0) is 19.4. The summed E-state index contributed by atoms with van der Waals surface area (Å²) in [7, 11) is 1.52. The molecule has 3 rings (SSSR count). The van der Waals surface area contributed by atoms with E-state index in [1.165, 1.54) is 32.4 Å². The van der Waals surface area contributed by atoms with Gasteiger partial charge in [-0.25, -0.2) is 14.4 Å². The van der Waals surface area contributed by atoms with Crippen LogP contribution in [-0.4, -0.2) is 47.2 Å². The number of likely N-dealkylation sites (tertiary alicyclic amines) is 1. The largest absolute Gasteiger partial charge is 0.497 e. The molecule has 0 bridgehead atoms. The number of ether oxygens (including phenoxy) is 1. The number of anilines is 1. The second kappa shape index (κ2) is 8.65. The SMILES string of the molecule is COc1ccc(-c2cnc(NCC3CCCCN3C(C)C)nc2C)c(F)c1. The van der Waals surface area contributed by atoms with Gasteiger partial charge in [0.1, 0.15) is 11.6 Å². The predicted octanol–water partition coefficient (Wildman–Crippen LogP) is 4.27. The fourth-order valence-corrected chi connectivity index (χ4v) is 3.79. The van der Waals surface area contributed by atoms with Crippen molar-refractivity contribution in [2.45, 2.75) is 52.1 Å². The van der Waals surface area contributed by atoms with Gasteiger partial charge in [0.15, 0.2) is 0 Å². The van der Waals surface area contributed by atoms with Crippen LogP contribution in [0.1, 0.15) is 38.8 Å². The lowest BCUT2D eigenvalue weighted by atomic mass is 10.0. The molecule has 0 aliphatic carbocycles. The molecular formula is C21H29FN4O. The Morgan fingerprint density at radius 1 is 1.30 bits per heavy atom. The van der Waals surface area contributed by atoms with Crippen LogP contribution >= 0.6 is 0 Å². The van der Waals surface area contributed by atoms with Gasteiger partial charge in [0.05, 0.1) is 12.8 Å². The molecule has 1 aliphatic rings. The molecule has 2 aromatic rings. The highest BCUT2D eigenvalue weighted by molar-refractivity contribution is 5.67. The monoisotopic (exact) mass is 372 g/mol. The molecule has 1 aromatic carbocycles. The van der Waals surface area contributed by atoms with E-state index in [-0.39, 0.29) is 5.82 Å². The number of nitrogens with one attached hydrogen (secondary N) is 1. The summed E-state index contributed by atoms with van der Waals surface area (Å²) in [5, 5.41) is 3.37. The van der Waals surface area contributed by atoms with Crippen molar-refractivity contribution in [2.75, 3.05) is 25.5 Å². The Bertz CT molecular complexity index is 781. The van der Waals surface area contributed by atoms with Crippen LogP contribution in [0.5, 0.6) is 5.75 Å². The van der Waals surface area contributed by atoms with Gasteiger partial charge in [0, 0.05) is 42.0 Å². The van der Waals surface area contributed by atoms with E-state index in [1.807, 2.05) is 6.92 Å². The third-order valence-electron chi connectivity index (χ3n) is 5.28. The molecule has 2 heterocycles. The second-order valence-electron chi connectivity index (χ2n) is 7.40. The number of benzene rings is 1. The van der Waals surface area contributed by atoms with Gasteiger partial charge in [-0.15, -0.1) is 0 Å². The number of nitrogens with zero attached hydrogens (tertiary/aromatic N) is 3. The lowest BCUT2D eigenvalue weighted by molar-refractivity contribution is 0.119. The van der Waals surface area contributed by atoms with Crippen LogP contribution in [0.3, 0.4) is 0 Å². The molecule has 1 atom stereocenters. The number of hydrogen-bond donors (Lipinski definition) is 1. The number of aromatic nitrogens is 2. The van der Waals surface area contributed by atoms with Crippen LogP contribution in [0.2, 0.25) is 0 Å². The van der Waals surface area contributed by atoms with Crippen molar-refractivity contribution in [3.05, 3.63) is 35.9 Å². The molecule has 27 heavy (non-hydrogen) atoms. The molecule has 0 amide bonds. The Balaban J connectivity index is 1.71. The van der Waals surface area contributed by atoms with Gasteiger partial charge < -0.3 is 10.1 Å². The highest BCUT2D eigenvalue weighted by atomic mass is 19.1. The summed E-state index contributed by atoms with van der Waals surface area (Å²) in [6, 6.07) is 5.87. The van der Waals surface area contributed by atoms with E-state index in [4.69, 9.17) is 4.74 Å². The molecule has 6 heteroatoms. The van der Waals surface area contributed by atoms with Crippen LogP contribution < -0.4 is 10.1 Å². The quantitative estimate of drug-likeness (QED) is 0.820. The van der Waals surface area contributed by atoms with Gasteiger partial charge >= 0.3 is 0 Å². The summed E-state index contributed by atoms with van der Waals surface area (Å²) < 4.78 is 19.4. The van der Waals surface area contributed by atoms with Gasteiger partial charge in [0.2, 0.25) is 5.95 Å². The van der Waals surface area contributed by atoms with Crippen LogP contribution in [0, 0.1) is 12.7 Å². The van der Waals surface area contributed by atoms with Crippen molar-refractivity contribution in [1.29, 1.82) is 0 Å². The Morgan fingerprint density at radius 2 is 2.11 bits per heavy atom. The fraction of sp³-hybridized carbons (Fsp3) is 0.524. The molecule has 1 fully saturated rings. The lowest BCUT2D eigenvalue weighted by Gasteiger charge is -2.38. The van der Waals surface area contributed by atoms with Gasteiger partial charge in [-0.2, -0.15) is 0 Å². The van der Waals surface area contributed by atoms with E-state index in [0.29, 0.717) is 34.9 Å². The maximum absolute atomic E-state index is 14.4. The molecule has 1 unspecified atom stereocenters. The smallest absolute Gasteiger partial charge is 0.222 e. The summed E-state index contributed by atoms with van der Waals surface area (Å²) in [6.45, 7) is 8.36. The van der Waals surface area contributed by atoms with E-state index >= 15 is 0 Å². The molecule has 1 saturated heterocycles. The average Bonchev–Trinajstić information content (AvgIpc) is 2.67. The number of methoxy groups -OCH3 is 1. The summed E-state index contributed by atoms with van der Waals surface area (Å²) in [5.74, 6) is 0.756. The van der Waals surface area contributed by atoms with Crippen LogP contribution in [0.15, 0.2) is 24.4 Å². The third-order valence-corrected chi connectivity index (χ3v) is 5.28. The number of piperidine rings is 1. The first-order chi connectivity index (χ1) is 13.0. The first-order valence-corrected chi connectivity index (χ1v) is 9.66. The Labute approximate surface area is 161 Å². The Hall–Kier alpha value is -2.21. The van der Waals surface area contributed by atoms with Gasteiger partial charge in [-0.3, -0.25) is 4.90 Å². The zero-order valence-corrected chi connectivity index (χ0v) is 16.6. The number of rotatable bonds is 6. The molecular weight excluding hydrogens is 343 g/mol. The van der Waals surface area contributed by atoms with E-state index in [1.54, 1.807) is 18.3 Å². The van der Waals surface area contributed by atoms with Crippen LogP contribution in [0.4, 0.5) is 10.3 Å². The van der Waals surface area contributed by atoms with Gasteiger partial charge in [-0.05, 0) is 52.3 Å². The third kappa shape index (κ3) is 4.56. The van der Waals surface area contributed by atoms with Crippen molar-refractivity contribution in [3.63, 3.8) is 0 Å². The Morgan fingerprint density at radius 3 is 2.78 bits per heavy atom. The van der Waals surface area contributed by atoms with Crippen molar-refractivity contribution in [2.24, 2.45) is 0 Å². The highest BCUT2D eigenvalue weighted by Gasteiger charge is 2.24. The topological polar surface area (TPSA) is 50.3 Å². The van der Waals surface area contributed by atoms with Gasteiger partial charge in [0.25, 0.3) is 0 Å². The zero-order valence-electron chi connectivity index (χ0n) is 16.6. The van der Waals surface area contributed by atoms with Crippen molar-refractivity contribution < 1.29 is 9.13 Å². The van der Waals surface area contributed by atoms with Crippen molar-refractivity contribution in [3.8, 4) is 16.9 Å². The maximum Gasteiger partial charge on any atom is 0.222 e. The second-order valence-corrected chi connectivity index (χ2v) is 7.40. The van der Waals surface area contributed by atoms with Crippen LogP contribution in [0.25, 0.3) is 11.1 Å². The summed E-state index contributed by atoms with van der Waals surface area (Å²) >= 11 is 0. The number of halogens is 1. The predicted molar refractivity (Wildman–Crippen MR) is 107 cm³/mol. The minimum atomic E-state index is -0.337. The average molecular weight is 372 g/mol. The summed E-state index contributed by atoms with van der Waals surface area (Å²) in [5.41, 5.74) is 1.93. The Kier molecular flexibility index (Phi) is 6.26. The van der Waals surface area contributed by atoms with Crippen molar-refractivity contribution in [1.82, 2.24) is 14.9 Å². The van der Waals surface area contributed by atoms with E-state index in [9.17, 15) is 4.39 Å². The number of hydrogen-bond acceptors (Lipinski definition) is 5. The highest BCUT2D eigenvalue weighted by Crippen LogP contribution is 2.28. The van der Waals surface area contributed by atoms with E-state index < -0.39 is 0 Å². The summed E-state index contributed by atoms with van der Waals surface area (Å²) in [4.78, 5) is 11.5. The first-order valence-electron chi connectivity index (χ1n) is 9.66. The number of aryl methyl sites for hydroxylation is 1. The summed E-state index contributed by atoms with van der Waals surface area (Å²) in [6.07, 6.45) is 5.42. The molecule has 1 aromatic heterocycles. The minimum Gasteiger partial charge on any atom is -0.497 e. The molecule has 0 spiro atoms. The standard InChI is InChI=1S/C21H29FN4O/c1-14(2)26-10-6-5-7-16(26)12-23-21-24-13-19(15(3)25-21)18-9-8-17(27-4)11-20(18)22/h8-9,11,13-14,16H,5-7,10,12H2,1-4H3,(H,23,24,25). The normalized spacial score (nSPS) is 17.9.